The fraction of sp³-hybridized carbons (Fsp3) is 0.238. The predicted octanol–water partition coefficient (Wildman–Crippen LogP) is 6.54. The van der Waals surface area contributed by atoms with E-state index in [1.165, 1.54) is 4.57 Å². The van der Waals surface area contributed by atoms with E-state index in [-0.39, 0.29) is 3.57 Å². The molecule has 3 heterocycles. The van der Waals surface area contributed by atoms with Crippen LogP contribution in [0.2, 0.25) is 0 Å². The van der Waals surface area contributed by atoms with Gasteiger partial charge in [0.05, 0.1) is 20.8 Å². The molecule has 0 saturated heterocycles. The maximum absolute atomic E-state index is 14.0. The summed E-state index contributed by atoms with van der Waals surface area (Å²) in [6.07, 6.45) is -2.93. The van der Waals surface area contributed by atoms with Gasteiger partial charge in [0.15, 0.2) is 0 Å². The molecule has 1 atom stereocenters. The molecule has 0 N–H and O–H groups in total. The van der Waals surface area contributed by atoms with Crippen LogP contribution in [0.1, 0.15) is 35.7 Å². The van der Waals surface area contributed by atoms with Crippen LogP contribution in [0.3, 0.4) is 0 Å². The number of aryl methyl sites for hydroxylation is 2. The van der Waals surface area contributed by atoms with Crippen LogP contribution in [0.4, 0.5) is 13.2 Å². The van der Waals surface area contributed by atoms with Gasteiger partial charge in [0.2, 0.25) is 0 Å². The van der Waals surface area contributed by atoms with Crippen LogP contribution >= 0.6 is 22.6 Å². The van der Waals surface area contributed by atoms with Crippen molar-refractivity contribution in [3.05, 3.63) is 68.9 Å². The fourth-order valence-electron chi connectivity index (χ4n) is 3.72. The first-order valence-electron chi connectivity index (χ1n) is 8.95. The van der Waals surface area contributed by atoms with Gasteiger partial charge in [0, 0.05) is 17.3 Å². The highest BCUT2D eigenvalue weighted by Gasteiger charge is 2.40. The molecule has 4 aromatic rings. The molecular weight excluding hydrogens is 494 g/mol. The van der Waals surface area contributed by atoms with Crippen LogP contribution in [0, 0.1) is 17.4 Å². The molecule has 0 amide bonds. The van der Waals surface area contributed by atoms with Crippen molar-refractivity contribution in [2.75, 3.05) is 0 Å². The molecule has 4 nitrogen and oxygen atoms in total. The molecule has 29 heavy (non-hydrogen) atoms. The number of nitrogens with zero attached hydrogens (tertiary/aromatic N) is 3. The topological polar surface area (TPSA) is 43.9 Å². The minimum absolute atomic E-state index is 0.0955. The minimum Gasteiger partial charge on any atom is -0.361 e. The molecule has 1 unspecified atom stereocenters. The smallest absolute Gasteiger partial charge is 0.361 e. The SMILES string of the molecule is Cc1noc(C)c1-c1cnc2c(I)c(C(F)(F)F)n(C(C)c3ccccc3)c2c1. The van der Waals surface area contributed by atoms with Crippen molar-refractivity contribution in [2.24, 2.45) is 0 Å². The third-order valence-corrected chi connectivity index (χ3v) is 6.07. The zero-order valence-corrected chi connectivity index (χ0v) is 18.0. The van der Waals surface area contributed by atoms with E-state index in [1.807, 2.05) is 30.3 Å². The van der Waals surface area contributed by atoms with Gasteiger partial charge in [-0.1, -0.05) is 35.5 Å². The molecule has 0 fully saturated rings. The van der Waals surface area contributed by atoms with Gasteiger partial charge in [-0.3, -0.25) is 4.98 Å². The number of benzene rings is 1. The predicted molar refractivity (Wildman–Crippen MR) is 113 cm³/mol. The van der Waals surface area contributed by atoms with Crippen molar-refractivity contribution in [3.8, 4) is 11.1 Å². The van der Waals surface area contributed by atoms with Crippen LogP contribution in [0.25, 0.3) is 22.2 Å². The first kappa shape index (κ1) is 19.9. The molecule has 0 radical (unpaired) electrons. The van der Waals surface area contributed by atoms with E-state index in [9.17, 15) is 13.2 Å². The van der Waals surface area contributed by atoms with Gasteiger partial charge in [0.1, 0.15) is 17.0 Å². The zero-order valence-electron chi connectivity index (χ0n) is 15.9. The number of rotatable bonds is 3. The molecule has 0 spiro atoms. The van der Waals surface area contributed by atoms with Crippen LogP contribution in [-0.4, -0.2) is 14.7 Å². The summed E-state index contributed by atoms with van der Waals surface area (Å²) in [4.78, 5) is 4.39. The summed E-state index contributed by atoms with van der Waals surface area (Å²) >= 11 is 1.74. The van der Waals surface area contributed by atoms with Crippen LogP contribution in [-0.2, 0) is 6.18 Å². The number of alkyl halides is 3. The first-order valence-corrected chi connectivity index (χ1v) is 10.0. The molecule has 0 aliphatic heterocycles. The Balaban J connectivity index is 2.04. The number of pyridine rings is 1. The first-order chi connectivity index (χ1) is 13.7. The highest BCUT2D eigenvalue weighted by atomic mass is 127. The monoisotopic (exact) mass is 511 g/mol. The van der Waals surface area contributed by atoms with E-state index in [0.29, 0.717) is 28.1 Å². The van der Waals surface area contributed by atoms with E-state index in [2.05, 4.69) is 10.1 Å². The highest BCUT2D eigenvalue weighted by molar-refractivity contribution is 14.1. The van der Waals surface area contributed by atoms with Gasteiger partial charge >= 0.3 is 6.18 Å². The summed E-state index contributed by atoms with van der Waals surface area (Å²) in [6.45, 7) is 5.34. The Bertz CT molecular complexity index is 1180. The van der Waals surface area contributed by atoms with E-state index < -0.39 is 17.9 Å². The Morgan fingerprint density at radius 1 is 1.14 bits per heavy atom. The number of aromatic nitrogens is 3. The minimum atomic E-state index is -4.51. The molecular formula is C21H17F3IN3O. The van der Waals surface area contributed by atoms with Gasteiger partial charge < -0.3 is 9.09 Å². The summed E-state index contributed by atoms with van der Waals surface area (Å²) < 4.78 is 48.8. The summed E-state index contributed by atoms with van der Waals surface area (Å²) in [5.74, 6) is 0.601. The van der Waals surface area contributed by atoms with Crippen LogP contribution in [0.5, 0.6) is 0 Å². The molecule has 0 aliphatic rings. The maximum Gasteiger partial charge on any atom is 0.432 e. The van der Waals surface area contributed by atoms with Crippen LogP contribution in [0.15, 0.2) is 47.1 Å². The lowest BCUT2D eigenvalue weighted by atomic mass is 10.1. The number of halogens is 4. The molecule has 0 saturated carbocycles. The normalized spacial score (nSPS) is 13.2. The Labute approximate surface area is 178 Å². The van der Waals surface area contributed by atoms with E-state index in [4.69, 9.17) is 4.52 Å². The fourth-order valence-corrected chi connectivity index (χ4v) is 4.70. The van der Waals surface area contributed by atoms with Crippen LogP contribution < -0.4 is 0 Å². The van der Waals surface area contributed by atoms with E-state index >= 15 is 0 Å². The average molecular weight is 511 g/mol. The van der Waals surface area contributed by atoms with Gasteiger partial charge in [0.25, 0.3) is 0 Å². The summed E-state index contributed by atoms with van der Waals surface area (Å²) in [5, 5.41) is 3.95. The summed E-state index contributed by atoms with van der Waals surface area (Å²) in [7, 11) is 0. The Morgan fingerprint density at radius 2 is 1.83 bits per heavy atom. The second-order valence-corrected chi connectivity index (χ2v) is 7.99. The quantitative estimate of drug-likeness (QED) is 0.294. The highest BCUT2D eigenvalue weighted by Crippen LogP contribution is 2.42. The van der Waals surface area contributed by atoms with Crippen molar-refractivity contribution in [2.45, 2.75) is 33.0 Å². The second kappa shape index (κ2) is 7.16. The third kappa shape index (κ3) is 3.33. The standard InChI is InChI=1S/C21H17F3IN3O/c1-11-17(13(3)29-27-11)15-9-16-19(26-10-15)18(25)20(21(22,23)24)28(16)12(2)14-7-5-4-6-8-14/h4-10,12H,1-3H3. The lowest BCUT2D eigenvalue weighted by Gasteiger charge is -2.21. The largest absolute Gasteiger partial charge is 0.432 e. The third-order valence-electron chi connectivity index (χ3n) is 5.04. The van der Waals surface area contributed by atoms with Crippen molar-refractivity contribution in [1.82, 2.24) is 14.7 Å². The zero-order chi connectivity index (χ0) is 20.9. The van der Waals surface area contributed by atoms with Gasteiger partial charge in [-0.2, -0.15) is 13.2 Å². The average Bonchev–Trinajstić information content (AvgIpc) is 3.17. The molecule has 8 heteroatoms. The van der Waals surface area contributed by atoms with Gasteiger partial charge in [-0.25, -0.2) is 0 Å². The molecule has 3 aromatic heterocycles. The summed E-state index contributed by atoms with van der Waals surface area (Å²) in [6, 6.07) is 10.4. The van der Waals surface area contributed by atoms with Gasteiger partial charge in [-0.05, 0) is 55.0 Å². The Hall–Kier alpha value is -2.36. The summed E-state index contributed by atoms with van der Waals surface area (Å²) in [5.41, 5.74) is 2.96. The van der Waals surface area contributed by atoms with E-state index in [1.54, 1.807) is 55.6 Å². The molecule has 1 aromatic carbocycles. The second-order valence-electron chi connectivity index (χ2n) is 6.91. The number of hydrogen-bond donors (Lipinski definition) is 0. The molecule has 150 valence electrons. The molecule has 0 bridgehead atoms. The van der Waals surface area contributed by atoms with Gasteiger partial charge in [-0.15, -0.1) is 0 Å². The molecule has 0 aliphatic carbocycles. The lowest BCUT2D eigenvalue weighted by Crippen LogP contribution is -2.18. The molecule has 4 rings (SSSR count). The Kier molecular flexibility index (Phi) is 4.92. The van der Waals surface area contributed by atoms with Crippen molar-refractivity contribution < 1.29 is 17.7 Å². The Morgan fingerprint density at radius 3 is 2.41 bits per heavy atom. The number of hydrogen-bond acceptors (Lipinski definition) is 3. The lowest BCUT2D eigenvalue weighted by molar-refractivity contribution is -0.144. The van der Waals surface area contributed by atoms with Crippen molar-refractivity contribution >= 4 is 33.6 Å². The van der Waals surface area contributed by atoms with Crippen molar-refractivity contribution in [3.63, 3.8) is 0 Å². The van der Waals surface area contributed by atoms with E-state index in [0.717, 1.165) is 11.1 Å². The maximum atomic E-state index is 14.0. The van der Waals surface area contributed by atoms with Crippen molar-refractivity contribution in [1.29, 1.82) is 0 Å². The number of fused-ring (bicyclic) bond motifs is 1.